The molecule has 0 radical (unpaired) electrons. The molecule has 1 saturated carbocycles. The monoisotopic (exact) mass is 250 g/mol. The van der Waals surface area contributed by atoms with Crippen LogP contribution < -0.4 is 11.1 Å². The summed E-state index contributed by atoms with van der Waals surface area (Å²) in [7, 11) is 0. The highest BCUT2D eigenvalue weighted by molar-refractivity contribution is 5.76. The topological polar surface area (TPSA) is 77.5 Å². The lowest BCUT2D eigenvalue weighted by molar-refractivity contribution is -0.125. The predicted octanol–water partition coefficient (Wildman–Crippen LogP) is 0.443. The van der Waals surface area contributed by atoms with Crippen molar-refractivity contribution in [3.63, 3.8) is 0 Å². The summed E-state index contributed by atoms with van der Waals surface area (Å²) >= 11 is 0. The molecule has 4 unspecified atom stereocenters. The fraction of sp³-hybridized carbons (Fsp3) is 0.615. The third-order valence-corrected chi connectivity index (χ3v) is 3.95. The highest BCUT2D eigenvalue weighted by Gasteiger charge is 2.52. The number of rotatable bonds is 4. The first-order valence-corrected chi connectivity index (χ1v) is 6.44. The summed E-state index contributed by atoms with van der Waals surface area (Å²) in [6.45, 7) is 0.766. The van der Waals surface area contributed by atoms with Gasteiger partial charge in [-0.25, -0.2) is 0 Å². The summed E-state index contributed by atoms with van der Waals surface area (Å²) in [4.78, 5) is 11.8. The largest absolute Gasteiger partial charge is 0.469 e. The van der Waals surface area contributed by atoms with Gasteiger partial charge in [0.15, 0.2) is 0 Å². The van der Waals surface area contributed by atoms with Gasteiger partial charge in [0.05, 0.1) is 18.4 Å². The second kappa shape index (κ2) is 4.74. The molecular formula is C13H18N2O3. The van der Waals surface area contributed by atoms with E-state index in [0.717, 1.165) is 18.8 Å². The van der Waals surface area contributed by atoms with Crippen LogP contribution in [0.4, 0.5) is 0 Å². The first-order valence-electron chi connectivity index (χ1n) is 6.44. The number of carbonyl (C=O) groups excluding carboxylic acids is 1. The minimum atomic E-state index is -0.0124. The number of nitrogens with two attached hydrogens (primary N) is 1. The molecule has 2 heterocycles. The van der Waals surface area contributed by atoms with E-state index >= 15 is 0 Å². The zero-order valence-corrected chi connectivity index (χ0v) is 10.2. The van der Waals surface area contributed by atoms with Crippen molar-refractivity contribution in [2.24, 2.45) is 11.7 Å². The van der Waals surface area contributed by atoms with Gasteiger partial charge in [-0.3, -0.25) is 4.79 Å². The van der Waals surface area contributed by atoms with Crippen molar-refractivity contribution < 1.29 is 13.9 Å². The molecule has 98 valence electrons. The van der Waals surface area contributed by atoms with Gasteiger partial charge >= 0.3 is 0 Å². The summed E-state index contributed by atoms with van der Waals surface area (Å²) in [6.07, 6.45) is 3.81. The van der Waals surface area contributed by atoms with Gasteiger partial charge in [-0.2, -0.15) is 0 Å². The lowest BCUT2D eigenvalue weighted by Gasteiger charge is -2.45. The zero-order valence-electron chi connectivity index (χ0n) is 10.2. The number of ether oxygens (including phenoxy) is 1. The summed E-state index contributed by atoms with van der Waals surface area (Å²) in [5.41, 5.74) is 6.03. The first kappa shape index (κ1) is 11.7. The molecule has 1 aliphatic heterocycles. The molecule has 1 aromatic heterocycles. The first-order chi connectivity index (χ1) is 8.75. The fourth-order valence-electron chi connectivity index (χ4n) is 2.88. The SMILES string of the molecule is NC1C2CCOC2C1NC(=O)CCc1ccco1. The van der Waals surface area contributed by atoms with E-state index in [9.17, 15) is 4.79 Å². The summed E-state index contributed by atoms with van der Waals surface area (Å²) in [6, 6.07) is 3.73. The number of amides is 1. The Balaban J connectivity index is 1.46. The molecule has 0 spiro atoms. The van der Waals surface area contributed by atoms with Crippen LogP contribution in [0, 0.1) is 5.92 Å². The molecule has 0 aromatic carbocycles. The average Bonchev–Trinajstić information content (AvgIpc) is 3.02. The molecule has 0 bridgehead atoms. The molecule has 3 rings (SSSR count). The third-order valence-electron chi connectivity index (χ3n) is 3.95. The zero-order chi connectivity index (χ0) is 12.5. The number of furan rings is 1. The number of fused-ring (bicyclic) bond motifs is 1. The molecule has 5 heteroatoms. The van der Waals surface area contributed by atoms with Crippen LogP contribution in [0.3, 0.4) is 0 Å². The van der Waals surface area contributed by atoms with Gasteiger partial charge in [-0.15, -0.1) is 0 Å². The van der Waals surface area contributed by atoms with Crippen LogP contribution in [0.1, 0.15) is 18.6 Å². The minimum absolute atomic E-state index is 0.0124. The lowest BCUT2D eigenvalue weighted by Crippen LogP contribution is -2.68. The Labute approximate surface area is 106 Å². The van der Waals surface area contributed by atoms with Crippen molar-refractivity contribution in [3.05, 3.63) is 24.2 Å². The van der Waals surface area contributed by atoms with Crippen molar-refractivity contribution in [2.45, 2.75) is 37.5 Å². The van der Waals surface area contributed by atoms with Crippen LogP contribution in [0.2, 0.25) is 0 Å². The molecule has 18 heavy (non-hydrogen) atoms. The summed E-state index contributed by atoms with van der Waals surface area (Å²) in [5.74, 6) is 1.28. The second-order valence-corrected chi connectivity index (χ2v) is 5.04. The van der Waals surface area contributed by atoms with E-state index in [0.29, 0.717) is 18.8 Å². The highest BCUT2D eigenvalue weighted by atomic mass is 16.5. The quantitative estimate of drug-likeness (QED) is 0.813. The molecule has 3 N–H and O–H groups in total. The molecule has 2 aliphatic rings. The lowest BCUT2D eigenvalue weighted by atomic mass is 9.72. The Kier molecular flexibility index (Phi) is 3.09. The number of carbonyl (C=O) groups is 1. The van der Waals surface area contributed by atoms with Gasteiger partial charge in [0.1, 0.15) is 5.76 Å². The number of nitrogens with one attached hydrogen (secondary N) is 1. The van der Waals surface area contributed by atoms with Crippen LogP contribution in [0.5, 0.6) is 0 Å². The van der Waals surface area contributed by atoms with Crippen molar-refractivity contribution in [3.8, 4) is 0 Å². The van der Waals surface area contributed by atoms with Gasteiger partial charge in [-0.1, -0.05) is 0 Å². The van der Waals surface area contributed by atoms with Crippen molar-refractivity contribution >= 4 is 5.91 Å². The maximum Gasteiger partial charge on any atom is 0.220 e. The fourth-order valence-corrected chi connectivity index (χ4v) is 2.88. The van der Waals surface area contributed by atoms with E-state index in [2.05, 4.69) is 5.32 Å². The van der Waals surface area contributed by atoms with E-state index < -0.39 is 0 Å². The number of aryl methyl sites for hydroxylation is 1. The maximum atomic E-state index is 11.8. The second-order valence-electron chi connectivity index (χ2n) is 5.04. The maximum absolute atomic E-state index is 11.8. The summed E-state index contributed by atoms with van der Waals surface area (Å²) in [5, 5.41) is 2.97. The van der Waals surface area contributed by atoms with Gasteiger partial charge < -0.3 is 20.2 Å². The van der Waals surface area contributed by atoms with E-state index in [1.165, 1.54) is 0 Å². The molecule has 5 nitrogen and oxygen atoms in total. The van der Waals surface area contributed by atoms with Gasteiger partial charge in [-0.05, 0) is 18.6 Å². The van der Waals surface area contributed by atoms with Crippen LogP contribution >= 0.6 is 0 Å². The third kappa shape index (κ3) is 2.04. The van der Waals surface area contributed by atoms with Gasteiger partial charge in [0, 0.05) is 31.4 Å². The van der Waals surface area contributed by atoms with E-state index in [1.807, 2.05) is 12.1 Å². The molecule has 1 saturated heterocycles. The standard InChI is InChI=1S/C13H18N2O3/c14-11-9-5-7-18-13(9)12(11)15-10(16)4-3-8-2-1-6-17-8/h1-2,6,9,11-13H,3-5,7,14H2,(H,15,16). The molecule has 1 amide bonds. The Morgan fingerprint density at radius 3 is 3.22 bits per heavy atom. The summed E-state index contributed by atoms with van der Waals surface area (Å²) < 4.78 is 10.8. The van der Waals surface area contributed by atoms with Crippen LogP contribution in [0.25, 0.3) is 0 Å². The number of hydrogen-bond acceptors (Lipinski definition) is 4. The van der Waals surface area contributed by atoms with Crippen molar-refractivity contribution in [1.29, 1.82) is 0 Å². The smallest absolute Gasteiger partial charge is 0.220 e. The minimum Gasteiger partial charge on any atom is -0.469 e. The van der Waals surface area contributed by atoms with Gasteiger partial charge in [0.25, 0.3) is 0 Å². The van der Waals surface area contributed by atoms with Crippen molar-refractivity contribution in [1.82, 2.24) is 5.32 Å². The van der Waals surface area contributed by atoms with Gasteiger partial charge in [0.2, 0.25) is 5.91 Å². The Hall–Kier alpha value is -1.33. The van der Waals surface area contributed by atoms with Crippen LogP contribution in [-0.2, 0) is 16.0 Å². The molecule has 4 atom stereocenters. The molecule has 1 aliphatic carbocycles. The Bertz CT molecular complexity index is 418. The predicted molar refractivity (Wildman–Crippen MR) is 64.8 cm³/mol. The van der Waals surface area contributed by atoms with E-state index in [-0.39, 0.29) is 24.1 Å². The molecule has 1 aromatic rings. The Morgan fingerprint density at radius 2 is 2.44 bits per heavy atom. The number of hydrogen-bond donors (Lipinski definition) is 2. The normalized spacial score (nSPS) is 33.8. The average molecular weight is 250 g/mol. The Morgan fingerprint density at radius 1 is 1.56 bits per heavy atom. The molecule has 2 fully saturated rings. The van der Waals surface area contributed by atoms with E-state index in [4.69, 9.17) is 14.9 Å². The van der Waals surface area contributed by atoms with Crippen molar-refractivity contribution in [2.75, 3.05) is 6.61 Å². The highest BCUT2D eigenvalue weighted by Crippen LogP contribution is 2.37. The van der Waals surface area contributed by atoms with Crippen LogP contribution in [-0.4, -0.2) is 30.7 Å². The molecular weight excluding hydrogens is 232 g/mol. The van der Waals surface area contributed by atoms with Crippen LogP contribution in [0.15, 0.2) is 22.8 Å². The van der Waals surface area contributed by atoms with E-state index in [1.54, 1.807) is 6.26 Å².